The van der Waals surface area contributed by atoms with Gasteiger partial charge >= 0.3 is 0 Å². The first-order valence-corrected chi connectivity index (χ1v) is 9.27. The van der Waals surface area contributed by atoms with E-state index >= 15 is 0 Å². The topological polar surface area (TPSA) is 58.2 Å². The molecule has 1 aromatic rings. The summed E-state index contributed by atoms with van der Waals surface area (Å²) in [5, 5.41) is 2.83. The summed E-state index contributed by atoms with van der Waals surface area (Å²) in [7, 11) is -2.17. The molecule has 2 atom stereocenters. The van der Waals surface area contributed by atoms with Crippen LogP contribution in [0, 0.1) is 11.7 Å². The van der Waals surface area contributed by atoms with E-state index < -0.39 is 15.8 Å². The Hall–Kier alpha value is -0.500. The van der Waals surface area contributed by atoms with Gasteiger partial charge in [-0.3, -0.25) is 0 Å². The quantitative estimate of drug-likeness (QED) is 0.827. The molecule has 1 fully saturated rings. The van der Waals surface area contributed by atoms with Crippen molar-refractivity contribution in [3.05, 3.63) is 28.0 Å². The fraction of sp³-hybridized carbons (Fsp3) is 0.571. The van der Waals surface area contributed by atoms with Crippen molar-refractivity contribution in [3.8, 4) is 0 Å². The van der Waals surface area contributed by atoms with Gasteiger partial charge < -0.3 is 5.32 Å². The molecule has 0 saturated heterocycles. The molecule has 0 heterocycles. The van der Waals surface area contributed by atoms with Gasteiger partial charge in [0.25, 0.3) is 0 Å². The third kappa shape index (κ3) is 3.83. The van der Waals surface area contributed by atoms with Gasteiger partial charge in [0, 0.05) is 22.6 Å². The zero-order chi connectivity index (χ0) is 15.6. The molecular formula is C14H20BrFN2O2S. The Labute approximate surface area is 133 Å². The van der Waals surface area contributed by atoms with Crippen LogP contribution in [0.2, 0.25) is 0 Å². The molecule has 0 aromatic heterocycles. The van der Waals surface area contributed by atoms with Gasteiger partial charge in [-0.1, -0.05) is 29.3 Å². The molecular weight excluding hydrogens is 359 g/mol. The molecule has 4 nitrogen and oxygen atoms in total. The molecule has 0 bridgehead atoms. The largest absolute Gasteiger partial charge is 0.316 e. The third-order valence-corrected chi connectivity index (χ3v) is 5.85. The molecule has 2 N–H and O–H groups in total. The van der Waals surface area contributed by atoms with Crippen LogP contribution in [0.3, 0.4) is 0 Å². The zero-order valence-electron chi connectivity index (χ0n) is 12.1. The minimum absolute atomic E-state index is 0.110. The summed E-state index contributed by atoms with van der Waals surface area (Å²) < 4.78 is 42.6. The van der Waals surface area contributed by atoms with Gasteiger partial charge in [-0.25, -0.2) is 17.5 Å². The highest BCUT2D eigenvalue weighted by atomic mass is 79.9. The van der Waals surface area contributed by atoms with Crippen LogP contribution in [0.1, 0.15) is 31.7 Å². The molecule has 21 heavy (non-hydrogen) atoms. The Balaban J connectivity index is 2.35. The van der Waals surface area contributed by atoms with E-state index in [2.05, 4.69) is 26.0 Å². The highest BCUT2D eigenvalue weighted by Crippen LogP contribution is 2.28. The minimum Gasteiger partial charge on any atom is -0.316 e. The highest BCUT2D eigenvalue weighted by molar-refractivity contribution is 9.10. The standard InChI is InChI=1S/C14H20BrFN2O2S/c1-9-4-3-5-12(9)18-21(19,20)13-7-11(15)6-10(8-17-2)14(13)16/h6-7,9,12,17-18H,3-5,8H2,1-2H3. The highest BCUT2D eigenvalue weighted by Gasteiger charge is 2.30. The predicted molar refractivity (Wildman–Crippen MR) is 84.0 cm³/mol. The number of halogens is 2. The number of benzene rings is 1. The van der Waals surface area contributed by atoms with Crippen LogP contribution in [0.5, 0.6) is 0 Å². The van der Waals surface area contributed by atoms with Crippen LogP contribution in [0.15, 0.2) is 21.5 Å². The maximum Gasteiger partial charge on any atom is 0.243 e. The molecule has 2 rings (SSSR count). The number of rotatable bonds is 5. The lowest BCUT2D eigenvalue weighted by Gasteiger charge is -2.18. The smallest absolute Gasteiger partial charge is 0.243 e. The monoisotopic (exact) mass is 378 g/mol. The SMILES string of the molecule is CNCc1cc(Br)cc(S(=O)(=O)NC2CCCC2C)c1F. The maximum atomic E-state index is 14.4. The van der Waals surface area contributed by atoms with Crippen molar-refractivity contribution in [2.75, 3.05) is 7.05 Å². The first-order valence-electron chi connectivity index (χ1n) is 7.00. The normalized spacial score (nSPS) is 22.7. The first-order chi connectivity index (χ1) is 9.85. The van der Waals surface area contributed by atoms with E-state index in [0.29, 0.717) is 10.0 Å². The van der Waals surface area contributed by atoms with Crippen LogP contribution in [0.4, 0.5) is 4.39 Å². The number of hydrogen-bond donors (Lipinski definition) is 2. The van der Waals surface area contributed by atoms with Crippen molar-refractivity contribution in [1.82, 2.24) is 10.0 Å². The van der Waals surface area contributed by atoms with E-state index in [0.717, 1.165) is 19.3 Å². The second kappa shape index (κ2) is 6.73. The molecule has 0 amide bonds. The molecule has 7 heteroatoms. The average Bonchev–Trinajstić information content (AvgIpc) is 2.78. The molecule has 1 saturated carbocycles. The van der Waals surface area contributed by atoms with Crippen molar-refractivity contribution < 1.29 is 12.8 Å². The van der Waals surface area contributed by atoms with Crippen LogP contribution in [0.25, 0.3) is 0 Å². The molecule has 118 valence electrons. The summed E-state index contributed by atoms with van der Waals surface area (Å²) in [6.07, 6.45) is 2.80. The predicted octanol–water partition coefficient (Wildman–Crippen LogP) is 2.77. The molecule has 0 aliphatic heterocycles. The Morgan fingerprint density at radius 2 is 2.10 bits per heavy atom. The summed E-state index contributed by atoms with van der Waals surface area (Å²) in [5.74, 6) is -0.405. The molecule has 1 aliphatic carbocycles. The second-order valence-electron chi connectivity index (χ2n) is 5.54. The van der Waals surface area contributed by atoms with Crippen LogP contribution < -0.4 is 10.0 Å². The van der Waals surface area contributed by atoms with Crippen molar-refractivity contribution in [2.45, 2.75) is 43.7 Å². The summed E-state index contributed by atoms with van der Waals surface area (Å²) >= 11 is 3.25. The zero-order valence-corrected chi connectivity index (χ0v) is 14.5. The molecule has 1 aliphatic rings. The number of hydrogen-bond acceptors (Lipinski definition) is 3. The van der Waals surface area contributed by atoms with Gasteiger partial charge in [0.1, 0.15) is 10.7 Å². The lowest BCUT2D eigenvalue weighted by Crippen LogP contribution is -2.37. The molecule has 2 unspecified atom stereocenters. The van der Waals surface area contributed by atoms with E-state index in [1.807, 2.05) is 6.92 Å². The van der Waals surface area contributed by atoms with Crippen LogP contribution in [-0.2, 0) is 16.6 Å². The minimum atomic E-state index is -3.85. The number of nitrogens with one attached hydrogen (secondary N) is 2. The van der Waals surface area contributed by atoms with Crippen molar-refractivity contribution in [1.29, 1.82) is 0 Å². The van der Waals surface area contributed by atoms with E-state index in [1.54, 1.807) is 13.1 Å². The Morgan fingerprint density at radius 3 is 2.67 bits per heavy atom. The van der Waals surface area contributed by atoms with Gasteiger partial charge in [-0.2, -0.15) is 0 Å². The van der Waals surface area contributed by atoms with Gasteiger partial charge in [0.2, 0.25) is 10.0 Å². The maximum absolute atomic E-state index is 14.4. The summed E-state index contributed by atoms with van der Waals surface area (Å²) in [5.41, 5.74) is 0.326. The lowest BCUT2D eigenvalue weighted by atomic mass is 10.1. The van der Waals surface area contributed by atoms with Crippen molar-refractivity contribution in [3.63, 3.8) is 0 Å². The van der Waals surface area contributed by atoms with E-state index in [9.17, 15) is 12.8 Å². The van der Waals surface area contributed by atoms with Crippen molar-refractivity contribution in [2.24, 2.45) is 5.92 Å². The molecule has 0 spiro atoms. The summed E-state index contributed by atoms with van der Waals surface area (Å²) in [6, 6.07) is 2.79. The van der Waals surface area contributed by atoms with E-state index in [4.69, 9.17) is 0 Å². The van der Waals surface area contributed by atoms with Gasteiger partial charge in [-0.15, -0.1) is 0 Å². The van der Waals surface area contributed by atoms with E-state index in [-0.39, 0.29) is 23.4 Å². The van der Waals surface area contributed by atoms with Crippen LogP contribution >= 0.6 is 15.9 Å². The molecule has 1 aromatic carbocycles. The summed E-state index contributed by atoms with van der Waals surface area (Å²) in [4.78, 5) is -0.291. The first kappa shape index (κ1) is 16.9. The Morgan fingerprint density at radius 1 is 1.38 bits per heavy atom. The number of sulfonamides is 1. The van der Waals surface area contributed by atoms with E-state index in [1.165, 1.54) is 6.07 Å². The third-order valence-electron chi connectivity index (χ3n) is 3.90. The summed E-state index contributed by atoms with van der Waals surface area (Å²) in [6.45, 7) is 2.29. The fourth-order valence-corrected chi connectivity index (χ4v) is 4.90. The Kier molecular flexibility index (Phi) is 5.40. The van der Waals surface area contributed by atoms with Crippen LogP contribution in [-0.4, -0.2) is 21.5 Å². The van der Waals surface area contributed by atoms with Crippen molar-refractivity contribution >= 4 is 26.0 Å². The molecule has 0 radical (unpaired) electrons. The Bertz CT molecular complexity index is 622. The second-order valence-corrected chi connectivity index (χ2v) is 8.14. The average molecular weight is 379 g/mol. The van der Waals surface area contributed by atoms with Gasteiger partial charge in [-0.05, 0) is 37.9 Å². The van der Waals surface area contributed by atoms with Gasteiger partial charge in [0.15, 0.2) is 0 Å². The van der Waals surface area contributed by atoms with Gasteiger partial charge in [0.05, 0.1) is 0 Å². The lowest BCUT2D eigenvalue weighted by molar-refractivity contribution is 0.472. The fourth-order valence-electron chi connectivity index (χ4n) is 2.72.